The molecule has 4 heteroatoms. The minimum absolute atomic E-state index is 0.339. The number of hydrogen-bond acceptors (Lipinski definition) is 3. The van der Waals surface area contributed by atoms with Gasteiger partial charge in [0, 0.05) is 5.56 Å². The number of methoxy groups -OCH3 is 1. The van der Waals surface area contributed by atoms with Gasteiger partial charge < -0.3 is 9.84 Å². The average molecular weight is 250 g/mol. The third kappa shape index (κ3) is 2.57. The van der Waals surface area contributed by atoms with E-state index in [1.54, 1.807) is 12.1 Å². The molecule has 0 aliphatic carbocycles. The van der Waals surface area contributed by atoms with Gasteiger partial charge in [-0.15, -0.1) is 0 Å². The van der Waals surface area contributed by atoms with Crippen LogP contribution >= 0.6 is 11.6 Å². The van der Waals surface area contributed by atoms with Crippen LogP contribution in [0.2, 0.25) is 5.15 Å². The van der Waals surface area contributed by atoms with Crippen LogP contribution in [0.15, 0.2) is 42.5 Å². The van der Waals surface area contributed by atoms with Crippen LogP contribution in [-0.2, 0) is 0 Å². The Labute approximate surface area is 105 Å². The second-order valence-corrected chi connectivity index (χ2v) is 3.93. The second kappa shape index (κ2) is 5.17. The van der Waals surface area contributed by atoms with E-state index in [0.717, 1.165) is 5.56 Å². The normalized spacial score (nSPS) is 12.2. The first-order valence-electron chi connectivity index (χ1n) is 5.16. The van der Waals surface area contributed by atoms with Crippen molar-refractivity contribution in [3.05, 3.63) is 58.7 Å². The standard InChI is InChI=1S/C13H12ClNO2/c1-17-13-10(7-8-11(14)15-13)12(16)9-5-3-2-4-6-9/h2-8,12,16H,1H3. The van der Waals surface area contributed by atoms with Gasteiger partial charge in [0.05, 0.1) is 7.11 Å². The van der Waals surface area contributed by atoms with E-state index in [1.807, 2.05) is 30.3 Å². The third-order valence-electron chi connectivity index (χ3n) is 2.46. The molecule has 0 aliphatic heterocycles. The lowest BCUT2D eigenvalue weighted by Crippen LogP contribution is -2.03. The lowest BCUT2D eigenvalue weighted by atomic mass is 10.0. The SMILES string of the molecule is COc1nc(Cl)ccc1C(O)c1ccccc1. The smallest absolute Gasteiger partial charge is 0.220 e. The van der Waals surface area contributed by atoms with Crippen molar-refractivity contribution in [2.75, 3.05) is 7.11 Å². The molecule has 3 nitrogen and oxygen atoms in total. The number of aliphatic hydroxyl groups excluding tert-OH is 1. The zero-order valence-corrected chi connectivity index (χ0v) is 10.1. The largest absolute Gasteiger partial charge is 0.481 e. The number of nitrogens with zero attached hydrogens (tertiary/aromatic N) is 1. The molecule has 0 spiro atoms. The molecule has 2 aromatic rings. The molecule has 0 bridgehead atoms. The van der Waals surface area contributed by atoms with Crippen molar-refractivity contribution < 1.29 is 9.84 Å². The first kappa shape index (κ1) is 11.9. The monoisotopic (exact) mass is 249 g/mol. The minimum Gasteiger partial charge on any atom is -0.481 e. The van der Waals surface area contributed by atoms with Crippen LogP contribution in [-0.4, -0.2) is 17.2 Å². The molecule has 1 heterocycles. The maximum atomic E-state index is 10.2. The summed E-state index contributed by atoms with van der Waals surface area (Å²) in [5.41, 5.74) is 1.39. The predicted octanol–water partition coefficient (Wildman–Crippen LogP) is 2.83. The van der Waals surface area contributed by atoms with Crippen molar-refractivity contribution in [3.63, 3.8) is 0 Å². The van der Waals surface area contributed by atoms with Gasteiger partial charge in [0.25, 0.3) is 0 Å². The molecular formula is C13H12ClNO2. The third-order valence-corrected chi connectivity index (χ3v) is 2.67. The summed E-state index contributed by atoms with van der Waals surface area (Å²) in [5, 5.41) is 10.6. The van der Waals surface area contributed by atoms with Gasteiger partial charge in [-0.3, -0.25) is 0 Å². The van der Waals surface area contributed by atoms with E-state index < -0.39 is 6.10 Å². The van der Waals surface area contributed by atoms with Gasteiger partial charge in [-0.25, -0.2) is 4.98 Å². The van der Waals surface area contributed by atoms with Gasteiger partial charge in [0.1, 0.15) is 11.3 Å². The predicted molar refractivity (Wildman–Crippen MR) is 66.3 cm³/mol. The lowest BCUT2D eigenvalue weighted by molar-refractivity contribution is 0.213. The summed E-state index contributed by atoms with van der Waals surface area (Å²) in [6, 6.07) is 12.7. The summed E-state index contributed by atoms with van der Waals surface area (Å²) in [4.78, 5) is 4.02. The number of hydrogen-bond donors (Lipinski definition) is 1. The fourth-order valence-electron chi connectivity index (χ4n) is 1.62. The Morgan fingerprint density at radius 3 is 2.53 bits per heavy atom. The van der Waals surface area contributed by atoms with Crippen molar-refractivity contribution in [3.8, 4) is 5.88 Å². The van der Waals surface area contributed by atoms with Crippen LogP contribution in [0.25, 0.3) is 0 Å². The molecule has 1 N–H and O–H groups in total. The highest BCUT2D eigenvalue weighted by atomic mass is 35.5. The van der Waals surface area contributed by atoms with Crippen molar-refractivity contribution in [1.29, 1.82) is 0 Å². The van der Waals surface area contributed by atoms with Gasteiger partial charge in [0.15, 0.2) is 0 Å². The topological polar surface area (TPSA) is 42.4 Å². The molecule has 1 aromatic carbocycles. The van der Waals surface area contributed by atoms with Crippen molar-refractivity contribution >= 4 is 11.6 Å². The minimum atomic E-state index is -0.768. The summed E-state index contributed by atoms with van der Waals surface area (Å²) in [6.45, 7) is 0. The molecule has 17 heavy (non-hydrogen) atoms. The number of aromatic nitrogens is 1. The van der Waals surface area contributed by atoms with Crippen LogP contribution < -0.4 is 4.74 Å². The van der Waals surface area contributed by atoms with Crippen LogP contribution in [0.4, 0.5) is 0 Å². The molecule has 0 saturated carbocycles. The average Bonchev–Trinajstić information content (AvgIpc) is 2.39. The molecule has 88 valence electrons. The fraction of sp³-hybridized carbons (Fsp3) is 0.154. The van der Waals surface area contributed by atoms with Crippen LogP contribution in [0, 0.1) is 0 Å². The van der Waals surface area contributed by atoms with Crippen LogP contribution in [0.1, 0.15) is 17.2 Å². The number of benzene rings is 1. The summed E-state index contributed by atoms with van der Waals surface area (Å²) in [5.74, 6) is 0.342. The zero-order chi connectivity index (χ0) is 12.3. The molecule has 1 aromatic heterocycles. The first-order chi connectivity index (χ1) is 8.22. The Kier molecular flexibility index (Phi) is 3.61. The van der Waals surface area contributed by atoms with Crippen LogP contribution in [0.3, 0.4) is 0 Å². The summed E-state index contributed by atoms with van der Waals surface area (Å²) >= 11 is 5.77. The summed E-state index contributed by atoms with van der Waals surface area (Å²) in [7, 11) is 1.50. The van der Waals surface area contributed by atoms with E-state index in [1.165, 1.54) is 7.11 Å². The van der Waals surface area contributed by atoms with Crippen molar-refractivity contribution in [2.24, 2.45) is 0 Å². The van der Waals surface area contributed by atoms with E-state index in [-0.39, 0.29) is 0 Å². The summed E-state index contributed by atoms with van der Waals surface area (Å²) in [6.07, 6.45) is -0.768. The molecule has 2 rings (SSSR count). The Balaban J connectivity index is 2.40. The molecule has 1 atom stereocenters. The fourth-order valence-corrected chi connectivity index (χ4v) is 1.75. The van der Waals surface area contributed by atoms with Crippen molar-refractivity contribution in [2.45, 2.75) is 6.10 Å². The second-order valence-electron chi connectivity index (χ2n) is 3.55. The molecule has 0 aliphatic rings. The number of halogens is 1. The lowest BCUT2D eigenvalue weighted by Gasteiger charge is -2.14. The highest BCUT2D eigenvalue weighted by Gasteiger charge is 2.16. The Bertz CT molecular complexity index is 502. The highest BCUT2D eigenvalue weighted by Crippen LogP contribution is 2.29. The molecule has 1 unspecified atom stereocenters. The molecule has 0 fully saturated rings. The van der Waals surface area contributed by atoms with E-state index >= 15 is 0 Å². The van der Waals surface area contributed by atoms with E-state index in [4.69, 9.17) is 16.3 Å². The van der Waals surface area contributed by atoms with E-state index in [9.17, 15) is 5.11 Å². The first-order valence-corrected chi connectivity index (χ1v) is 5.53. The molecule has 0 saturated heterocycles. The van der Waals surface area contributed by atoms with Gasteiger partial charge in [-0.2, -0.15) is 0 Å². The summed E-state index contributed by atoms with van der Waals surface area (Å²) < 4.78 is 5.11. The van der Waals surface area contributed by atoms with Crippen molar-refractivity contribution in [1.82, 2.24) is 4.98 Å². The van der Waals surface area contributed by atoms with E-state index in [0.29, 0.717) is 16.6 Å². The molecule has 0 amide bonds. The Morgan fingerprint density at radius 1 is 1.18 bits per heavy atom. The quantitative estimate of drug-likeness (QED) is 0.851. The number of ether oxygens (including phenoxy) is 1. The molecular weight excluding hydrogens is 238 g/mol. The number of aliphatic hydroxyl groups is 1. The van der Waals surface area contributed by atoms with Gasteiger partial charge in [-0.05, 0) is 17.7 Å². The van der Waals surface area contributed by atoms with Gasteiger partial charge >= 0.3 is 0 Å². The number of rotatable bonds is 3. The molecule has 0 radical (unpaired) electrons. The maximum absolute atomic E-state index is 10.2. The maximum Gasteiger partial charge on any atom is 0.220 e. The van der Waals surface area contributed by atoms with Crippen LogP contribution in [0.5, 0.6) is 5.88 Å². The Hall–Kier alpha value is -1.58. The number of pyridine rings is 1. The van der Waals surface area contributed by atoms with E-state index in [2.05, 4.69) is 4.98 Å². The Morgan fingerprint density at radius 2 is 1.88 bits per heavy atom. The zero-order valence-electron chi connectivity index (χ0n) is 9.30. The van der Waals surface area contributed by atoms with Gasteiger partial charge in [0.2, 0.25) is 5.88 Å². The highest BCUT2D eigenvalue weighted by molar-refractivity contribution is 6.29. The van der Waals surface area contributed by atoms with Gasteiger partial charge in [-0.1, -0.05) is 41.9 Å².